The van der Waals surface area contributed by atoms with E-state index < -0.39 is 10.0 Å². The molecule has 0 saturated heterocycles. The molecule has 0 fully saturated rings. The van der Waals surface area contributed by atoms with Crippen LogP contribution >= 0.6 is 11.6 Å². The van der Waals surface area contributed by atoms with E-state index in [9.17, 15) is 13.2 Å². The number of hydrogen-bond donors (Lipinski definition) is 0. The summed E-state index contributed by atoms with van der Waals surface area (Å²) in [5.41, 5.74) is 3.52. The van der Waals surface area contributed by atoms with Crippen molar-refractivity contribution in [1.82, 2.24) is 0 Å². The number of halogens is 1. The van der Waals surface area contributed by atoms with Crippen LogP contribution in [-0.2, 0) is 21.2 Å². The van der Waals surface area contributed by atoms with E-state index in [2.05, 4.69) is 0 Å². The Hall–Kier alpha value is -2.05. The highest BCUT2D eigenvalue weighted by molar-refractivity contribution is 7.92. The standard InChI is InChI=1S/C21H25ClN2O3S/c1-15-10-11-18(22)14-20(15)23(28(3,26)27)12-6-9-21(25)24-16(2)13-17-7-4-5-8-19(17)24/h4-5,7-8,10-11,14,16H,6,9,12-13H2,1-3H3/t16-/m0/s1. The van der Waals surface area contributed by atoms with Crippen molar-refractivity contribution in [3.05, 3.63) is 58.6 Å². The summed E-state index contributed by atoms with van der Waals surface area (Å²) in [7, 11) is -3.48. The number of carbonyl (C=O) groups excluding carboxylic acids is 1. The average Bonchev–Trinajstić information content (AvgIpc) is 2.95. The number of carbonyl (C=O) groups is 1. The Morgan fingerprint density at radius 1 is 1.25 bits per heavy atom. The monoisotopic (exact) mass is 420 g/mol. The van der Waals surface area contributed by atoms with Crippen molar-refractivity contribution in [2.24, 2.45) is 0 Å². The van der Waals surface area contributed by atoms with E-state index in [1.165, 1.54) is 16.1 Å². The Morgan fingerprint density at radius 2 is 1.96 bits per heavy atom. The smallest absolute Gasteiger partial charge is 0.232 e. The zero-order valence-electron chi connectivity index (χ0n) is 16.4. The summed E-state index contributed by atoms with van der Waals surface area (Å²) in [6.07, 6.45) is 2.74. The summed E-state index contributed by atoms with van der Waals surface area (Å²) in [6.45, 7) is 4.11. The first kappa shape index (κ1) is 20.7. The maximum absolute atomic E-state index is 12.8. The van der Waals surface area contributed by atoms with Gasteiger partial charge in [0.15, 0.2) is 0 Å². The highest BCUT2D eigenvalue weighted by Gasteiger charge is 2.30. The number of benzene rings is 2. The minimum absolute atomic E-state index is 0.0220. The third-order valence-corrected chi connectivity index (χ3v) is 6.48. The Bertz CT molecular complexity index is 991. The van der Waals surface area contributed by atoms with E-state index in [1.54, 1.807) is 18.2 Å². The summed E-state index contributed by atoms with van der Waals surface area (Å²) in [6, 6.07) is 13.2. The van der Waals surface area contributed by atoms with Gasteiger partial charge in [-0.25, -0.2) is 8.42 Å². The molecule has 2 aromatic rings. The van der Waals surface area contributed by atoms with Gasteiger partial charge in [-0.1, -0.05) is 35.9 Å². The molecule has 0 aliphatic carbocycles. The van der Waals surface area contributed by atoms with Crippen LogP contribution in [0.25, 0.3) is 0 Å². The largest absolute Gasteiger partial charge is 0.309 e. The van der Waals surface area contributed by atoms with Crippen LogP contribution < -0.4 is 9.21 Å². The predicted octanol–water partition coefficient (Wildman–Crippen LogP) is 4.17. The van der Waals surface area contributed by atoms with E-state index in [0.717, 1.165) is 17.7 Å². The molecule has 150 valence electrons. The lowest BCUT2D eigenvalue weighted by molar-refractivity contribution is -0.118. The zero-order chi connectivity index (χ0) is 20.5. The lowest BCUT2D eigenvalue weighted by Crippen LogP contribution is -2.37. The normalized spacial score (nSPS) is 16.1. The van der Waals surface area contributed by atoms with Gasteiger partial charge in [-0.2, -0.15) is 0 Å². The van der Waals surface area contributed by atoms with Gasteiger partial charge in [0.25, 0.3) is 0 Å². The Kier molecular flexibility index (Phi) is 6.01. The second-order valence-electron chi connectivity index (χ2n) is 7.32. The second-order valence-corrected chi connectivity index (χ2v) is 9.66. The van der Waals surface area contributed by atoms with Crippen LogP contribution in [0.4, 0.5) is 11.4 Å². The van der Waals surface area contributed by atoms with Crippen LogP contribution in [0.5, 0.6) is 0 Å². The third kappa shape index (κ3) is 4.33. The highest BCUT2D eigenvalue weighted by atomic mass is 35.5. The molecule has 1 heterocycles. The van der Waals surface area contributed by atoms with Crippen LogP contribution in [0.2, 0.25) is 5.02 Å². The van der Waals surface area contributed by atoms with Crippen LogP contribution in [0.1, 0.15) is 30.9 Å². The first-order chi connectivity index (χ1) is 13.2. The summed E-state index contributed by atoms with van der Waals surface area (Å²) < 4.78 is 26.0. The van der Waals surface area contributed by atoms with E-state index in [4.69, 9.17) is 11.6 Å². The number of aryl methyl sites for hydroxylation is 1. The second kappa shape index (κ2) is 8.13. The predicted molar refractivity (Wildman–Crippen MR) is 115 cm³/mol. The van der Waals surface area contributed by atoms with Gasteiger partial charge >= 0.3 is 0 Å². The van der Waals surface area contributed by atoms with Crippen LogP contribution in [-0.4, -0.2) is 33.2 Å². The molecule has 7 heteroatoms. The van der Waals surface area contributed by atoms with Gasteiger partial charge in [0.05, 0.1) is 11.9 Å². The number of rotatable bonds is 6. The van der Waals surface area contributed by atoms with Crippen molar-refractivity contribution in [3.8, 4) is 0 Å². The van der Waals surface area contributed by atoms with Gasteiger partial charge in [0.1, 0.15) is 0 Å². The molecule has 0 spiro atoms. The van der Waals surface area contributed by atoms with Crippen LogP contribution in [0.15, 0.2) is 42.5 Å². The van der Waals surface area contributed by atoms with Crippen molar-refractivity contribution in [3.63, 3.8) is 0 Å². The molecule has 1 aliphatic heterocycles. The minimum Gasteiger partial charge on any atom is -0.309 e. The molecule has 0 radical (unpaired) electrons. The minimum atomic E-state index is -3.48. The van der Waals surface area contributed by atoms with Gasteiger partial charge in [0, 0.05) is 29.7 Å². The highest BCUT2D eigenvalue weighted by Crippen LogP contribution is 2.32. The Balaban J connectivity index is 1.72. The van der Waals surface area contributed by atoms with Crippen molar-refractivity contribution in [2.75, 3.05) is 22.0 Å². The van der Waals surface area contributed by atoms with E-state index in [0.29, 0.717) is 17.1 Å². The number of fused-ring (bicyclic) bond motifs is 1. The lowest BCUT2D eigenvalue weighted by Gasteiger charge is -2.26. The molecule has 3 rings (SSSR count). The summed E-state index contributed by atoms with van der Waals surface area (Å²) in [5.74, 6) is 0.0220. The molecule has 1 aliphatic rings. The van der Waals surface area contributed by atoms with E-state index in [-0.39, 0.29) is 24.9 Å². The molecular formula is C21H25ClN2O3S. The topological polar surface area (TPSA) is 57.7 Å². The number of hydrogen-bond acceptors (Lipinski definition) is 3. The van der Waals surface area contributed by atoms with Crippen molar-refractivity contribution < 1.29 is 13.2 Å². The number of para-hydroxylation sites is 1. The first-order valence-electron chi connectivity index (χ1n) is 9.32. The van der Waals surface area contributed by atoms with Crippen molar-refractivity contribution in [2.45, 2.75) is 39.2 Å². The van der Waals surface area contributed by atoms with Crippen molar-refractivity contribution in [1.29, 1.82) is 0 Å². The zero-order valence-corrected chi connectivity index (χ0v) is 17.9. The van der Waals surface area contributed by atoms with Gasteiger partial charge in [-0.3, -0.25) is 9.10 Å². The van der Waals surface area contributed by atoms with Crippen LogP contribution in [0, 0.1) is 6.92 Å². The molecule has 2 aromatic carbocycles. The fraction of sp³-hybridized carbons (Fsp3) is 0.381. The Labute approximate surface area is 172 Å². The van der Waals surface area contributed by atoms with Crippen LogP contribution in [0.3, 0.4) is 0 Å². The lowest BCUT2D eigenvalue weighted by atomic mass is 10.1. The summed E-state index contributed by atoms with van der Waals surface area (Å²) >= 11 is 6.06. The first-order valence-corrected chi connectivity index (χ1v) is 11.5. The van der Waals surface area contributed by atoms with E-state index >= 15 is 0 Å². The number of sulfonamides is 1. The van der Waals surface area contributed by atoms with Gasteiger partial charge in [0.2, 0.25) is 15.9 Å². The average molecular weight is 421 g/mol. The molecule has 28 heavy (non-hydrogen) atoms. The number of anilines is 2. The molecule has 1 amide bonds. The van der Waals surface area contributed by atoms with E-state index in [1.807, 2.05) is 43.0 Å². The maximum atomic E-state index is 12.8. The summed E-state index contributed by atoms with van der Waals surface area (Å²) in [5, 5.41) is 0.479. The molecule has 0 aromatic heterocycles. The molecule has 0 unspecified atom stereocenters. The van der Waals surface area contributed by atoms with Gasteiger partial charge in [-0.15, -0.1) is 0 Å². The van der Waals surface area contributed by atoms with Gasteiger partial charge in [-0.05, 0) is 56.0 Å². The fourth-order valence-electron chi connectivity index (χ4n) is 3.76. The van der Waals surface area contributed by atoms with Gasteiger partial charge < -0.3 is 4.90 Å². The molecule has 1 atom stereocenters. The fourth-order valence-corrected chi connectivity index (χ4v) is 4.94. The molecule has 0 bridgehead atoms. The SMILES string of the molecule is Cc1ccc(Cl)cc1N(CCCC(=O)N1c2ccccc2C[C@@H]1C)S(C)(=O)=O. The molecule has 5 nitrogen and oxygen atoms in total. The number of nitrogens with zero attached hydrogens (tertiary/aromatic N) is 2. The van der Waals surface area contributed by atoms with Crippen molar-refractivity contribution >= 4 is 38.9 Å². The molecule has 0 saturated carbocycles. The quantitative estimate of drug-likeness (QED) is 0.704. The maximum Gasteiger partial charge on any atom is 0.232 e. The Morgan fingerprint density at radius 3 is 2.68 bits per heavy atom. The molecule has 0 N–H and O–H groups in total. The third-order valence-electron chi connectivity index (χ3n) is 5.07. The number of amides is 1. The molecular weight excluding hydrogens is 396 g/mol. The summed E-state index contributed by atoms with van der Waals surface area (Å²) in [4.78, 5) is 14.7.